The zero-order valence-corrected chi connectivity index (χ0v) is 19.6. The number of fused-ring (bicyclic) bond motifs is 5. The van der Waals surface area contributed by atoms with Gasteiger partial charge in [0.05, 0.1) is 13.2 Å². The molecule has 0 bridgehead atoms. The van der Waals surface area contributed by atoms with E-state index >= 15 is 0 Å². The number of allylic oxidation sites excluding steroid dienone is 3. The first-order valence-corrected chi connectivity index (χ1v) is 12.4. The van der Waals surface area contributed by atoms with Gasteiger partial charge in [0.1, 0.15) is 0 Å². The molecule has 0 aromatic heterocycles. The van der Waals surface area contributed by atoms with Crippen molar-refractivity contribution < 1.29 is 14.6 Å². The third-order valence-electron chi connectivity index (χ3n) is 9.91. The summed E-state index contributed by atoms with van der Waals surface area (Å²) in [6.45, 7) is 7.44. The molecule has 4 rings (SSSR count). The highest BCUT2D eigenvalue weighted by Gasteiger charge is 2.58. The van der Waals surface area contributed by atoms with Gasteiger partial charge in [-0.3, -0.25) is 4.79 Å². The van der Waals surface area contributed by atoms with Gasteiger partial charge >= 0.3 is 5.97 Å². The fourth-order valence-electron chi connectivity index (χ4n) is 8.21. The van der Waals surface area contributed by atoms with E-state index in [1.165, 1.54) is 45.6 Å². The summed E-state index contributed by atoms with van der Waals surface area (Å²) in [4.78, 5) is 11.4. The fraction of sp³-hybridized carbons (Fsp3) is 0.815. The van der Waals surface area contributed by atoms with E-state index < -0.39 is 0 Å². The molecule has 3 heteroatoms. The molecule has 0 radical (unpaired) electrons. The van der Waals surface area contributed by atoms with Crippen molar-refractivity contribution in [1.82, 2.24) is 0 Å². The number of aliphatic hydroxyl groups excluding tert-OH is 1. The molecule has 7 unspecified atom stereocenters. The summed E-state index contributed by atoms with van der Waals surface area (Å²) in [7, 11) is 1.47. The predicted molar refractivity (Wildman–Crippen MR) is 121 cm³/mol. The quantitative estimate of drug-likeness (QED) is 0.330. The molecule has 0 saturated heterocycles. The first-order valence-electron chi connectivity index (χ1n) is 12.4. The van der Waals surface area contributed by atoms with Gasteiger partial charge in [-0.2, -0.15) is 0 Å². The summed E-state index contributed by atoms with van der Waals surface area (Å²) < 4.78 is 4.77. The summed E-state index contributed by atoms with van der Waals surface area (Å²) in [5, 5.41) is 10.2. The zero-order chi connectivity index (χ0) is 21.5. The lowest BCUT2D eigenvalue weighted by atomic mass is 9.47. The molecule has 7 atom stereocenters. The van der Waals surface area contributed by atoms with Crippen molar-refractivity contribution in [3.05, 3.63) is 23.3 Å². The summed E-state index contributed by atoms with van der Waals surface area (Å²) in [6.07, 6.45) is 16.9. The van der Waals surface area contributed by atoms with E-state index in [4.69, 9.17) is 4.74 Å². The monoisotopic (exact) mass is 414 g/mol. The maximum absolute atomic E-state index is 11.4. The van der Waals surface area contributed by atoms with Gasteiger partial charge in [-0.05, 0) is 106 Å². The lowest BCUT2D eigenvalue weighted by Crippen LogP contribution is -2.50. The SMILES string of the molecule is COC(=O)CCC/C=C(\C)C1CCC2C3CC=C4CC(O)CCC4(C)C3CCC12C. The Kier molecular flexibility index (Phi) is 6.23. The lowest BCUT2D eigenvalue weighted by molar-refractivity contribution is -0.140. The van der Waals surface area contributed by atoms with Crippen LogP contribution in [0.25, 0.3) is 0 Å². The highest BCUT2D eigenvalue weighted by molar-refractivity contribution is 5.69. The van der Waals surface area contributed by atoms with Crippen LogP contribution >= 0.6 is 0 Å². The molecule has 0 heterocycles. The number of hydrogen-bond donors (Lipinski definition) is 1. The number of carbonyl (C=O) groups is 1. The Morgan fingerprint density at radius 2 is 2.00 bits per heavy atom. The van der Waals surface area contributed by atoms with Crippen molar-refractivity contribution in [3.8, 4) is 0 Å². The van der Waals surface area contributed by atoms with Crippen LogP contribution in [0.2, 0.25) is 0 Å². The van der Waals surface area contributed by atoms with Gasteiger partial charge in [0, 0.05) is 6.42 Å². The average Bonchev–Trinajstić information content (AvgIpc) is 3.08. The maximum atomic E-state index is 11.4. The Morgan fingerprint density at radius 3 is 2.77 bits per heavy atom. The third-order valence-corrected chi connectivity index (χ3v) is 9.91. The number of esters is 1. The third kappa shape index (κ3) is 3.70. The molecule has 3 nitrogen and oxygen atoms in total. The van der Waals surface area contributed by atoms with E-state index in [9.17, 15) is 9.90 Å². The highest BCUT2D eigenvalue weighted by Crippen LogP contribution is 2.67. The van der Waals surface area contributed by atoms with Gasteiger partial charge in [-0.15, -0.1) is 0 Å². The first-order chi connectivity index (χ1) is 14.3. The topological polar surface area (TPSA) is 46.5 Å². The van der Waals surface area contributed by atoms with Crippen molar-refractivity contribution in [2.24, 2.45) is 34.5 Å². The van der Waals surface area contributed by atoms with Crippen LogP contribution in [0.15, 0.2) is 23.3 Å². The van der Waals surface area contributed by atoms with Gasteiger partial charge in [-0.1, -0.05) is 37.1 Å². The van der Waals surface area contributed by atoms with Gasteiger partial charge in [0.25, 0.3) is 0 Å². The van der Waals surface area contributed by atoms with Gasteiger partial charge in [0.15, 0.2) is 0 Å². The summed E-state index contributed by atoms with van der Waals surface area (Å²) in [5.74, 6) is 3.07. The Labute approximate surface area is 183 Å². The minimum Gasteiger partial charge on any atom is -0.469 e. The van der Waals surface area contributed by atoms with Crippen LogP contribution in [0.1, 0.15) is 91.4 Å². The summed E-state index contributed by atoms with van der Waals surface area (Å²) in [6, 6.07) is 0. The van der Waals surface area contributed by atoms with E-state index in [0.29, 0.717) is 23.2 Å². The smallest absolute Gasteiger partial charge is 0.305 e. The number of carbonyl (C=O) groups excluding carboxylic acids is 1. The standard InChI is InChI=1S/C27H42O3/c1-18(7-5-6-8-25(29)30-4)22-11-12-23-21-10-9-19-17-20(28)13-15-26(19,2)24(21)14-16-27(22,23)3/h7,9,20-24,28H,5-6,8,10-17H2,1-4H3/b18-7+. The lowest BCUT2D eigenvalue weighted by Gasteiger charge is -2.58. The van der Waals surface area contributed by atoms with Gasteiger partial charge < -0.3 is 9.84 Å². The second-order valence-electron chi connectivity index (χ2n) is 11.2. The van der Waals surface area contributed by atoms with E-state index in [1.807, 2.05) is 0 Å². The number of aliphatic hydroxyl groups is 1. The second-order valence-corrected chi connectivity index (χ2v) is 11.2. The number of ether oxygens (including phenoxy) is 1. The molecule has 4 aliphatic carbocycles. The van der Waals surface area contributed by atoms with Crippen molar-refractivity contribution in [1.29, 1.82) is 0 Å². The predicted octanol–water partition coefficient (Wildman–Crippen LogP) is 6.22. The maximum Gasteiger partial charge on any atom is 0.305 e. The molecule has 1 N–H and O–H groups in total. The van der Waals surface area contributed by atoms with E-state index in [1.54, 1.807) is 11.1 Å². The number of unbranched alkanes of at least 4 members (excludes halogenated alkanes) is 1. The Hall–Kier alpha value is -1.09. The van der Waals surface area contributed by atoms with E-state index in [2.05, 4.69) is 32.9 Å². The van der Waals surface area contributed by atoms with Crippen molar-refractivity contribution in [2.75, 3.05) is 7.11 Å². The molecular weight excluding hydrogens is 372 g/mol. The molecule has 3 saturated carbocycles. The molecule has 30 heavy (non-hydrogen) atoms. The molecule has 0 amide bonds. The first kappa shape index (κ1) is 22.1. The average molecular weight is 415 g/mol. The molecule has 168 valence electrons. The zero-order valence-electron chi connectivity index (χ0n) is 19.6. The van der Waals surface area contributed by atoms with E-state index in [-0.39, 0.29) is 12.1 Å². The van der Waals surface area contributed by atoms with Crippen molar-refractivity contribution in [3.63, 3.8) is 0 Å². The summed E-state index contributed by atoms with van der Waals surface area (Å²) >= 11 is 0. The minimum atomic E-state index is -0.113. The number of rotatable bonds is 5. The Morgan fingerprint density at radius 1 is 1.20 bits per heavy atom. The van der Waals surface area contributed by atoms with Crippen LogP contribution in [0.5, 0.6) is 0 Å². The molecule has 0 aromatic rings. The van der Waals surface area contributed by atoms with Crippen LogP contribution in [0.3, 0.4) is 0 Å². The van der Waals surface area contributed by atoms with Crippen molar-refractivity contribution in [2.45, 2.75) is 97.5 Å². The van der Waals surface area contributed by atoms with Crippen LogP contribution in [-0.4, -0.2) is 24.3 Å². The van der Waals surface area contributed by atoms with Crippen LogP contribution in [0, 0.1) is 34.5 Å². The Balaban J connectivity index is 1.47. The molecule has 0 spiro atoms. The van der Waals surface area contributed by atoms with Crippen LogP contribution in [-0.2, 0) is 9.53 Å². The number of methoxy groups -OCH3 is 1. The largest absolute Gasteiger partial charge is 0.469 e. The second kappa shape index (κ2) is 8.45. The van der Waals surface area contributed by atoms with Crippen LogP contribution in [0.4, 0.5) is 0 Å². The van der Waals surface area contributed by atoms with Crippen LogP contribution < -0.4 is 0 Å². The fourth-order valence-corrected chi connectivity index (χ4v) is 8.21. The number of hydrogen-bond acceptors (Lipinski definition) is 3. The summed E-state index contributed by atoms with van der Waals surface area (Å²) in [5.41, 5.74) is 3.89. The van der Waals surface area contributed by atoms with Gasteiger partial charge in [-0.25, -0.2) is 0 Å². The normalized spacial score (nSPS) is 43.3. The molecular formula is C27H42O3. The highest BCUT2D eigenvalue weighted by atomic mass is 16.5. The van der Waals surface area contributed by atoms with Gasteiger partial charge in [0.2, 0.25) is 0 Å². The minimum absolute atomic E-state index is 0.0966. The molecule has 0 aromatic carbocycles. The van der Waals surface area contributed by atoms with Crippen molar-refractivity contribution >= 4 is 5.97 Å². The Bertz CT molecular complexity index is 722. The molecule has 0 aliphatic heterocycles. The molecule has 3 fully saturated rings. The van der Waals surface area contributed by atoms with E-state index in [0.717, 1.165) is 43.4 Å². The molecule has 4 aliphatic rings.